The zero-order chi connectivity index (χ0) is 28.3. The summed E-state index contributed by atoms with van der Waals surface area (Å²) in [4.78, 5) is 34.4. The third kappa shape index (κ3) is 5.44. The molecule has 0 saturated heterocycles. The van der Waals surface area contributed by atoms with Gasteiger partial charge in [0.15, 0.2) is 16.3 Å². The Kier molecular flexibility index (Phi) is 8.49. The molecule has 0 radical (unpaired) electrons. The topological polar surface area (TPSA) is 82.4 Å². The van der Waals surface area contributed by atoms with Crippen LogP contribution in [0.5, 0.6) is 17.2 Å². The van der Waals surface area contributed by atoms with Crippen LogP contribution in [-0.2, 0) is 4.79 Å². The molecule has 0 spiro atoms. The molecule has 39 heavy (non-hydrogen) atoms. The first-order chi connectivity index (χ1) is 18.7. The van der Waals surface area contributed by atoms with E-state index in [1.165, 1.54) is 35.1 Å². The van der Waals surface area contributed by atoms with Gasteiger partial charge >= 0.3 is 6.61 Å². The van der Waals surface area contributed by atoms with E-state index in [0.717, 1.165) is 0 Å². The fourth-order valence-corrected chi connectivity index (χ4v) is 5.63. The lowest BCUT2D eigenvalue weighted by Crippen LogP contribution is -2.43. The minimum absolute atomic E-state index is 0.103. The van der Waals surface area contributed by atoms with Gasteiger partial charge in [-0.25, -0.2) is 4.99 Å². The van der Waals surface area contributed by atoms with Crippen molar-refractivity contribution in [1.29, 1.82) is 0 Å². The first-order valence-corrected chi connectivity index (χ1v) is 13.1. The molecule has 8 nitrogen and oxygen atoms in total. The van der Waals surface area contributed by atoms with Crippen LogP contribution in [-0.4, -0.2) is 49.3 Å². The number of benzene rings is 2. The molecular weight excluding hydrogens is 528 g/mol. The molecule has 2 aromatic carbocycles. The Hall–Kier alpha value is -3.99. The van der Waals surface area contributed by atoms with E-state index in [1.54, 1.807) is 37.1 Å². The van der Waals surface area contributed by atoms with Gasteiger partial charge in [-0.1, -0.05) is 35.6 Å². The zero-order valence-corrected chi connectivity index (χ0v) is 23.1. The molecule has 0 fully saturated rings. The van der Waals surface area contributed by atoms with Crippen molar-refractivity contribution in [2.24, 2.45) is 4.99 Å². The van der Waals surface area contributed by atoms with Crippen LogP contribution in [0.25, 0.3) is 6.08 Å². The largest absolute Gasteiger partial charge is 0.496 e. The van der Waals surface area contributed by atoms with E-state index in [9.17, 15) is 18.4 Å². The Balaban J connectivity index is 1.93. The fourth-order valence-electron chi connectivity index (χ4n) is 4.58. The third-order valence-electron chi connectivity index (χ3n) is 6.44. The van der Waals surface area contributed by atoms with Crippen LogP contribution >= 0.6 is 11.3 Å². The summed E-state index contributed by atoms with van der Waals surface area (Å²) in [5.41, 5.74) is 1.78. The molecule has 0 bridgehead atoms. The third-order valence-corrected chi connectivity index (χ3v) is 7.42. The molecule has 1 aromatic heterocycles. The SMILES string of the molecule is CCN(CC)C(=O)C1=C(C)N=c2s/c(=C\c3ccc(OC(F)F)c(OC)c3)c(=O)n2[C@H]1c1ccccc1OC. The van der Waals surface area contributed by atoms with Crippen molar-refractivity contribution in [3.63, 3.8) is 0 Å². The second kappa shape index (κ2) is 11.8. The molecule has 1 amide bonds. The number of carbonyl (C=O) groups excluding carboxylic acids is 1. The molecule has 2 heterocycles. The lowest BCUT2D eigenvalue weighted by Gasteiger charge is -2.29. The summed E-state index contributed by atoms with van der Waals surface area (Å²) in [5.74, 6) is 0.325. The van der Waals surface area contributed by atoms with Gasteiger partial charge in [-0.3, -0.25) is 14.2 Å². The second-order valence-electron chi connectivity index (χ2n) is 8.59. The maximum atomic E-state index is 13.9. The molecule has 1 aliphatic rings. The first kappa shape index (κ1) is 28.0. The maximum absolute atomic E-state index is 13.9. The summed E-state index contributed by atoms with van der Waals surface area (Å²) in [6, 6.07) is 10.9. The predicted molar refractivity (Wildman–Crippen MR) is 144 cm³/mol. The highest BCUT2D eigenvalue weighted by molar-refractivity contribution is 7.07. The van der Waals surface area contributed by atoms with Gasteiger partial charge in [0.05, 0.1) is 30.0 Å². The van der Waals surface area contributed by atoms with Crippen molar-refractivity contribution in [3.05, 3.63) is 84.5 Å². The monoisotopic (exact) mass is 557 g/mol. The number of likely N-dealkylation sites (N-methyl/N-ethyl adjacent to an activating group) is 1. The number of alkyl halides is 2. The maximum Gasteiger partial charge on any atom is 0.387 e. The van der Waals surface area contributed by atoms with E-state index < -0.39 is 12.7 Å². The van der Waals surface area contributed by atoms with Crippen LogP contribution in [0.2, 0.25) is 0 Å². The van der Waals surface area contributed by atoms with E-state index >= 15 is 0 Å². The van der Waals surface area contributed by atoms with Gasteiger partial charge in [0.2, 0.25) is 0 Å². The van der Waals surface area contributed by atoms with E-state index in [4.69, 9.17) is 9.47 Å². The van der Waals surface area contributed by atoms with Gasteiger partial charge in [-0.05, 0) is 50.6 Å². The lowest BCUT2D eigenvalue weighted by molar-refractivity contribution is -0.127. The Bertz CT molecular complexity index is 1590. The fraction of sp³-hybridized carbons (Fsp3) is 0.321. The van der Waals surface area contributed by atoms with E-state index in [2.05, 4.69) is 9.73 Å². The van der Waals surface area contributed by atoms with Crippen molar-refractivity contribution in [1.82, 2.24) is 9.47 Å². The van der Waals surface area contributed by atoms with Gasteiger partial charge in [-0.2, -0.15) is 8.78 Å². The number of ether oxygens (including phenoxy) is 3. The standard InChI is InChI=1S/C28H29F2N3O5S/c1-6-32(7-2)26(35)23-16(3)31-28-33(24(23)18-10-8-9-11-19(18)36-4)25(34)22(39-28)15-17-12-13-20(38-27(29)30)21(14-17)37-5/h8-15,24,27H,6-7H2,1-5H3/b22-15-/t24-/m0/s1. The van der Waals surface area contributed by atoms with Crippen LogP contribution in [0.1, 0.15) is 37.9 Å². The highest BCUT2D eigenvalue weighted by atomic mass is 32.1. The van der Waals surface area contributed by atoms with Crippen LogP contribution < -0.4 is 29.1 Å². The number of fused-ring (bicyclic) bond motifs is 1. The van der Waals surface area contributed by atoms with Crippen LogP contribution in [0.15, 0.2) is 63.5 Å². The average Bonchev–Trinajstić information content (AvgIpc) is 3.22. The number of hydrogen-bond acceptors (Lipinski definition) is 7. The predicted octanol–water partition coefficient (Wildman–Crippen LogP) is 3.72. The number of carbonyl (C=O) groups is 1. The lowest BCUT2D eigenvalue weighted by atomic mass is 9.94. The molecule has 0 N–H and O–H groups in total. The minimum Gasteiger partial charge on any atom is -0.496 e. The summed E-state index contributed by atoms with van der Waals surface area (Å²) in [6.45, 7) is 3.57. The molecular formula is C28H29F2N3O5S. The van der Waals surface area contributed by atoms with E-state index in [-0.39, 0.29) is 23.0 Å². The van der Waals surface area contributed by atoms with Crippen molar-refractivity contribution >= 4 is 23.3 Å². The highest BCUT2D eigenvalue weighted by Crippen LogP contribution is 2.36. The van der Waals surface area contributed by atoms with Gasteiger partial charge < -0.3 is 19.1 Å². The van der Waals surface area contributed by atoms with E-state index in [0.29, 0.717) is 50.6 Å². The molecule has 1 aliphatic heterocycles. The number of para-hydroxylation sites is 1. The molecule has 1 atom stereocenters. The second-order valence-corrected chi connectivity index (χ2v) is 9.60. The molecule has 3 aromatic rings. The number of methoxy groups -OCH3 is 2. The number of amides is 1. The van der Waals surface area contributed by atoms with Gasteiger partial charge in [0, 0.05) is 18.7 Å². The molecule has 206 valence electrons. The number of halogens is 2. The number of hydrogen-bond donors (Lipinski definition) is 0. The number of thiazole rings is 1. The normalized spacial score (nSPS) is 15.2. The average molecular weight is 558 g/mol. The molecule has 0 saturated carbocycles. The Morgan fingerprint density at radius 3 is 2.44 bits per heavy atom. The minimum atomic E-state index is -3.00. The molecule has 0 unspecified atom stereocenters. The summed E-state index contributed by atoms with van der Waals surface area (Å²) >= 11 is 1.17. The Morgan fingerprint density at radius 1 is 1.10 bits per heavy atom. The van der Waals surface area contributed by atoms with Gasteiger partial charge in [-0.15, -0.1) is 0 Å². The first-order valence-electron chi connectivity index (χ1n) is 12.3. The Morgan fingerprint density at radius 2 is 1.79 bits per heavy atom. The molecule has 0 aliphatic carbocycles. The summed E-state index contributed by atoms with van der Waals surface area (Å²) in [6.07, 6.45) is 1.63. The van der Waals surface area contributed by atoms with Crippen molar-refractivity contribution < 1.29 is 27.8 Å². The van der Waals surface area contributed by atoms with Gasteiger partial charge in [0.25, 0.3) is 11.5 Å². The van der Waals surface area contributed by atoms with Crippen molar-refractivity contribution in [2.45, 2.75) is 33.4 Å². The number of aromatic nitrogens is 1. The van der Waals surface area contributed by atoms with Crippen LogP contribution in [0.4, 0.5) is 8.78 Å². The molecule has 4 rings (SSSR count). The number of allylic oxidation sites excluding steroid dienone is 1. The van der Waals surface area contributed by atoms with Gasteiger partial charge in [0.1, 0.15) is 11.8 Å². The number of nitrogens with zero attached hydrogens (tertiary/aromatic N) is 3. The Labute approximate surface area is 228 Å². The summed E-state index contributed by atoms with van der Waals surface area (Å²) in [7, 11) is 2.88. The zero-order valence-electron chi connectivity index (χ0n) is 22.2. The summed E-state index contributed by atoms with van der Waals surface area (Å²) in [5, 5.41) is 0. The van der Waals surface area contributed by atoms with E-state index in [1.807, 2.05) is 32.0 Å². The quantitative estimate of drug-likeness (QED) is 0.401. The van der Waals surface area contributed by atoms with Crippen molar-refractivity contribution in [2.75, 3.05) is 27.3 Å². The molecule has 11 heteroatoms. The van der Waals surface area contributed by atoms with Crippen LogP contribution in [0, 0.1) is 0 Å². The van der Waals surface area contributed by atoms with Crippen molar-refractivity contribution in [3.8, 4) is 17.2 Å². The highest BCUT2D eigenvalue weighted by Gasteiger charge is 2.35. The smallest absolute Gasteiger partial charge is 0.387 e. The number of rotatable bonds is 9. The van der Waals surface area contributed by atoms with Crippen LogP contribution in [0.3, 0.4) is 0 Å². The summed E-state index contributed by atoms with van der Waals surface area (Å²) < 4.78 is 42.6.